The summed E-state index contributed by atoms with van der Waals surface area (Å²) < 4.78 is 16.5. The van der Waals surface area contributed by atoms with Crippen molar-refractivity contribution in [1.82, 2.24) is 5.32 Å². The molecular weight excluding hydrogens is 246 g/mol. The van der Waals surface area contributed by atoms with Gasteiger partial charge in [-0.05, 0) is 11.6 Å². The zero-order valence-electron chi connectivity index (χ0n) is 11.6. The van der Waals surface area contributed by atoms with Gasteiger partial charge in [0.1, 0.15) is 6.10 Å². The highest BCUT2D eigenvalue weighted by Crippen LogP contribution is 2.19. The van der Waals surface area contributed by atoms with Crippen LogP contribution >= 0.6 is 0 Å². The molecule has 0 amide bonds. The largest absolute Gasteiger partial charge is 0.375 e. The summed E-state index contributed by atoms with van der Waals surface area (Å²) in [7, 11) is 5.96. The molecule has 1 unspecified atom stereocenters. The van der Waals surface area contributed by atoms with Crippen molar-refractivity contribution in [3.63, 3.8) is 0 Å². The molecule has 1 aromatic carbocycles. The summed E-state index contributed by atoms with van der Waals surface area (Å²) in [5.74, 6) is -0.883. The van der Waals surface area contributed by atoms with Crippen LogP contribution in [0.2, 0.25) is 6.04 Å². The Morgan fingerprint density at radius 3 is 2.22 bits per heavy atom. The van der Waals surface area contributed by atoms with Crippen molar-refractivity contribution in [1.29, 1.82) is 0 Å². The fourth-order valence-corrected chi connectivity index (χ4v) is 2.89. The number of ether oxygens (including phenoxy) is 3. The molecule has 0 aliphatic rings. The second kappa shape index (κ2) is 7.65. The van der Waals surface area contributed by atoms with Crippen LogP contribution in [-0.2, 0) is 20.8 Å². The minimum Gasteiger partial charge on any atom is -0.375 e. The van der Waals surface area contributed by atoms with Gasteiger partial charge in [-0.25, -0.2) is 0 Å². The van der Waals surface area contributed by atoms with E-state index in [0.29, 0.717) is 6.54 Å². The molecule has 18 heavy (non-hydrogen) atoms. The molecule has 1 N–H and O–H groups in total. The second-order valence-corrected chi connectivity index (χ2v) is 4.86. The Balaban J connectivity index is 2.73. The topological polar surface area (TPSA) is 39.7 Å². The first-order valence-corrected chi connectivity index (χ1v) is 7.55. The standard InChI is InChI=1S/C13H23NO3Si/c1-15-12(10-18)13(16-2,17-3)14-9-11-7-5-4-6-8-11/h4-8,12,14H,9-10H2,1-3,18H3. The van der Waals surface area contributed by atoms with E-state index >= 15 is 0 Å². The van der Waals surface area contributed by atoms with Gasteiger partial charge in [-0.1, -0.05) is 30.3 Å². The van der Waals surface area contributed by atoms with Crippen LogP contribution < -0.4 is 5.32 Å². The number of nitrogens with one attached hydrogen (secondary N) is 1. The molecule has 102 valence electrons. The first kappa shape index (κ1) is 15.3. The van der Waals surface area contributed by atoms with E-state index in [1.54, 1.807) is 21.3 Å². The average molecular weight is 269 g/mol. The third kappa shape index (κ3) is 3.63. The average Bonchev–Trinajstić information content (AvgIpc) is 2.45. The van der Waals surface area contributed by atoms with Crippen molar-refractivity contribution >= 4 is 10.2 Å². The van der Waals surface area contributed by atoms with Crippen molar-refractivity contribution < 1.29 is 14.2 Å². The number of methoxy groups -OCH3 is 3. The van der Waals surface area contributed by atoms with Crippen LogP contribution in [0.25, 0.3) is 0 Å². The van der Waals surface area contributed by atoms with Gasteiger partial charge in [0.25, 0.3) is 5.91 Å². The Morgan fingerprint density at radius 1 is 1.17 bits per heavy atom. The van der Waals surface area contributed by atoms with Gasteiger partial charge in [0.05, 0.1) is 0 Å². The first-order chi connectivity index (χ1) is 8.72. The third-order valence-corrected chi connectivity index (χ3v) is 3.81. The molecule has 4 nitrogen and oxygen atoms in total. The van der Waals surface area contributed by atoms with E-state index in [9.17, 15) is 0 Å². The van der Waals surface area contributed by atoms with E-state index in [4.69, 9.17) is 14.2 Å². The van der Waals surface area contributed by atoms with E-state index < -0.39 is 5.91 Å². The summed E-state index contributed by atoms with van der Waals surface area (Å²) in [5.41, 5.74) is 1.18. The molecule has 0 radical (unpaired) electrons. The fourth-order valence-electron chi connectivity index (χ4n) is 2.02. The smallest absolute Gasteiger partial charge is 0.254 e. The SMILES string of the molecule is COC(C[SiH3])C(NCc1ccccc1)(OC)OC. The molecule has 5 heteroatoms. The highest BCUT2D eigenvalue weighted by Gasteiger charge is 2.38. The summed E-state index contributed by atoms with van der Waals surface area (Å²) in [6.07, 6.45) is -0.108. The van der Waals surface area contributed by atoms with Gasteiger partial charge in [0.15, 0.2) is 0 Å². The summed E-state index contributed by atoms with van der Waals surface area (Å²) in [4.78, 5) is 0. The lowest BCUT2D eigenvalue weighted by atomic mass is 10.2. The highest BCUT2D eigenvalue weighted by molar-refractivity contribution is 6.08. The van der Waals surface area contributed by atoms with E-state index in [-0.39, 0.29) is 6.10 Å². The van der Waals surface area contributed by atoms with Gasteiger partial charge in [0, 0.05) is 38.1 Å². The van der Waals surface area contributed by atoms with Crippen LogP contribution in [0.4, 0.5) is 0 Å². The van der Waals surface area contributed by atoms with E-state index in [2.05, 4.69) is 17.4 Å². The summed E-state index contributed by atoms with van der Waals surface area (Å²) in [6.45, 7) is 0.671. The molecule has 1 rings (SSSR count). The normalized spacial score (nSPS) is 13.7. The molecule has 0 aromatic heterocycles. The molecule has 0 aliphatic carbocycles. The van der Waals surface area contributed by atoms with Crippen molar-refractivity contribution in [2.24, 2.45) is 0 Å². The monoisotopic (exact) mass is 269 g/mol. The van der Waals surface area contributed by atoms with Gasteiger partial charge in [-0.3, -0.25) is 5.32 Å². The lowest BCUT2D eigenvalue weighted by Crippen LogP contribution is -2.57. The van der Waals surface area contributed by atoms with Gasteiger partial charge in [0.2, 0.25) is 0 Å². The lowest BCUT2D eigenvalue weighted by molar-refractivity contribution is -0.279. The number of benzene rings is 1. The summed E-state index contributed by atoms with van der Waals surface area (Å²) in [5, 5.41) is 3.30. The summed E-state index contributed by atoms with van der Waals surface area (Å²) in [6, 6.07) is 11.1. The Bertz CT molecular complexity index is 326. The number of rotatable bonds is 8. The molecule has 0 aliphatic heterocycles. The molecule has 0 saturated carbocycles. The molecule has 1 atom stereocenters. The predicted molar refractivity (Wildman–Crippen MR) is 75.6 cm³/mol. The summed E-state index contributed by atoms with van der Waals surface area (Å²) >= 11 is 0. The van der Waals surface area contributed by atoms with Crippen molar-refractivity contribution in [2.45, 2.75) is 24.6 Å². The predicted octanol–water partition coefficient (Wildman–Crippen LogP) is 0.521. The van der Waals surface area contributed by atoms with Crippen LogP contribution in [-0.4, -0.2) is 43.6 Å². The maximum atomic E-state index is 5.52. The van der Waals surface area contributed by atoms with E-state index in [1.807, 2.05) is 18.2 Å². The highest BCUT2D eigenvalue weighted by atomic mass is 28.1. The minimum atomic E-state index is -0.883. The zero-order valence-corrected chi connectivity index (χ0v) is 13.6. The van der Waals surface area contributed by atoms with Gasteiger partial charge in [-0.15, -0.1) is 0 Å². The molecule has 1 aromatic rings. The van der Waals surface area contributed by atoms with Gasteiger partial charge >= 0.3 is 0 Å². The molecule has 0 fully saturated rings. The molecule has 0 saturated heterocycles. The third-order valence-electron chi connectivity index (χ3n) is 3.07. The minimum absolute atomic E-state index is 0.108. The second-order valence-electron chi connectivity index (χ2n) is 4.05. The Hall–Kier alpha value is -0.723. The van der Waals surface area contributed by atoms with Crippen LogP contribution in [0, 0.1) is 0 Å². The Labute approximate surface area is 112 Å². The number of hydrogen-bond donors (Lipinski definition) is 1. The fraction of sp³-hybridized carbons (Fsp3) is 0.538. The molecule has 0 heterocycles. The quantitative estimate of drug-likeness (QED) is 0.552. The van der Waals surface area contributed by atoms with E-state index in [1.165, 1.54) is 5.56 Å². The van der Waals surface area contributed by atoms with Crippen molar-refractivity contribution in [3.8, 4) is 0 Å². The van der Waals surface area contributed by atoms with Crippen LogP contribution in [0.3, 0.4) is 0 Å². The van der Waals surface area contributed by atoms with Gasteiger partial charge in [-0.2, -0.15) is 0 Å². The Kier molecular flexibility index (Phi) is 6.52. The van der Waals surface area contributed by atoms with Gasteiger partial charge < -0.3 is 14.2 Å². The first-order valence-electron chi connectivity index (χ1n) is 6.14. The molecular formula is C13H23NO3Si. The number of hydrogen-bond acceptors (Lipinski definition) is 4. The Morgan fingerprint density at radius 2 is 1.78 bits per heavy atom. The van der Waals surface area contributed by atoms with Crippen molar-refractivity contribution in [3.05, 3.63) is 35.9 Å². The van der Waals surface area contributed by atoms with Crippen LogP contribution in [0.15, 0.2) is 30.3 Å². The lowest BCUT2D eigenvalue weighted by Gasteiger charge is -2.37. The zero-order chi connectivity index (χ0) is 13.4. The molecule has 0 spiro atoms. The van der Waals surface area contributed by atoms with E-state index in [0.717, 1.165) is 16.3 Å². The van der Waals surface area contributed by atoms with Crippen LogP contribution in [0.5, 0.6) is 0 Å². The maximum Gasteiger partial charge on any atom is 0.254 e. The maximum absolute atomic E-state index is 5.52. The van der Waals surface area contributed by atoms with Crippen LogP contribution in [0.1, 0.15) is 5.56 Å². The molecule has 0 bridgehead atoms. The van der Waals surface area contributed by atoms with Crippen molar-refractivity contribution in [2.75, 3.05) is 21.3 Å².